The fraction of sp³-hybridized carbons (Fsp3) is 0.250. The van der Waals surface area contributed by atoms with Gasteiger partial charge in [-0.05, 0) is 45.9 Å². The summed E-state index contributed by atoms with van der Waals surface area (Å²) in [5.74, 6) is 1.05. The SMILES string of the molecule is C/C=C\C=C(/C)n1c(C(C)NC2(C)N=CNc3[nH]ccc(=O)c32)nc2cccc(Cl)c2c1=O. The minimum Gasteiger partial charge on any atom is -0.348 e. The molecule has 0 radical (unpaired) electrons. The Morgan fingerprint density at radius 3 is 2.85 bits per heavy atom. The molecule has 3 N–H and O–H groups in total. The first-order chi connectivity index (χ1) is 15.8. The number of halogens is 1. The van der Waals surface area contributed by atoms with Crippen molar-refractivity contribution in [2.45, 2.75) is 39.4 Å². The van der Waals surface area contributed by atoms with Gasteiger partial charge in [-0.25, -0.2) is 9.98 Å². The quantitative estimate of drug-likeness (QED) is 0.492. The summed E-state index contributed by atoms with van der Waals surface area (Å²) < 4.78 is 1.55. The van der Waals surface area contributed by atoms with Crippen LogP contribution in [-0.2, 0) is 5.66 Å². The Bertz CT molecular complexity index is 1440. The standard InChI is InChI=1S/C24H25ClN6O2/c1-5-6-8-14(2)31-22(29-17-10-7-9-16(25)19(17)23(31)33)15(3)30-24(4)20-18(32)11-12-26-21(20)27-13-28-24/h5-13,15,30H,1-4H3,(H2,26,27,28,32)/b6-5-,14-8+. The highest BCUT2D eigenvalue weighted by Crippen LogP contribution is 2.31. The van der Waals surface area contributed by atoms with E-state index in [0.717, 1.165) is 0 Å². The van der Waals surface area contributed by atoms with Gasteiger partial charge in [-0.1, -0.05) is 29.8 Å². The predicted octanol–water partition coefficient (Wildman–Crippen LogP) is 4.15. The van der Waals surface area contributed by atoms with Crippen LogP contribution in [0.1, 0.15) is 45.1 Å². The summed E-state index contributed by atoms with van der Waals surface area (Å²) in [6.45, 7) is 7.44. The first kappa shape index (κ1) is 22.7. The van der Waals surface area contributed by atoms with Crippen molar-refractivity contribution >= 4 is 40.4 Å². The predicted molar refractivity (Wildman–Crippen MR) is 134 cm³/mol. The largest absolute Gasteiger partial charge is 0.348 e. The molecule has 2 unspecified atom stereocenters. The second-order valence-corrected chi connectivity index (χ2v) is 8.42. The van der Waals surface area contributed by atoms with Crippen molar-refractivity contribution in [2.24, 2.45) is 4.99 Å². The molecular formula is C24H25ClN6O2. The van der Waals surface area contributed by atoms with Gasteiger partial charge >= 0.3 is 0 Å². The molecule has 0 saturated heterocycles. The topological polar surface area (TPSA) is 104 Å². The molecule has 3 heterocycles. The third kappa shape index (κ3) is 4.03. The van der Waals surface area contributed by atoms with Crippen LogP contribution >= 0.6 is 11.6 Å². The van der Waals surface area contributed by atoms with Crippen LogP contribution in [0.5, 0.6) is 0 Å². The Hall–Kier alpha value is -3.49. The monoisotopic (exact) mass is 464 g/mol. The van der Waals surface area contributed by atoms with Gasteiger partial charge < -0.3 is 10.3 Å². The van der Waals surface area contributed by atoms with Crippen LogP contribution in [0.25, 0.3) is 16.6 Å². The molecule has 3 aromatic rings. The Kier molecular flexibility index (Phi) is 6.05. The molecule has 0 saturated carbocycles. The number of rotatable bonds is 5. The molecule has 2 atom stereocenters. The van der Waals surface area contributed by atoms with Crippen LogP contribution in [-0.4, -0.2) is 20.9 Å². The van der Waals surface area contributed by atoms with Crippen LogP contribution in [0.4, 0.5) is 5.82 Å². The molecule has 0 amide bonds. The normalized spacial score (nSPS) is 19.0. The molecule has 170 valence electrons. The number of pyridine rings is 1. The highest BCUT2D eigenvalue weighted by atomic mass is 35.5. The van der Waals surface area contributed by atoms with Crippen LogP contribution < -0.4 is 21.6 Å². The van der Waals surface area contributed by atoms with Crippen molar-refractivity contribution in [1.29, 1.82) is 0 Å². The van der Waals surface area contributed by atoms with Crippen molar-refractivity contribution in [3.05, 3.63) is 85.7 Å². The van der Waals surface area contributed by atoms with Crippen LogP contribution in [0.2, 0.25) is 5.02 Å². The summed E-state index contributed by atoms with van der Waals surface area (Å²) in [5.41, 5.74) is 0.191. The number of allylic oxidation sites excluding steroid dienone is 4. The maximum Gasteiger partial charge on any atom is 0.267 e. The second kappa shape index (κ2) is 8.80. The Morgan fingerprint density at radius 1 is 1.30 bits per heavy atom. The first-order valence-electron chi connectivity index (χ1n) is 10.6. The zero-order valence-corrected chi connectivity index (χ0v) is 19.6. The van der Waals surface area contributed by atoms with Gasteiger partial charge in [0, 0.05) is 18.0 Å². The first-order valence-corrected chi connectivity index (χ1v) is 11.0. The summed E-state index contributed by atoms with van der Waals surface area (Å²) >= 11 is 6.36. The molecule has 1 aliphatic heterocycles. The second-order valence-electron chi connectivity index (χ2n) is 8.01. The molecule has 0 fully saturated rings. The molecule has 1 aliphatic rings. The van der Waals surface area contributed by atoms with E-state index in [-0.39, 0.29) is 11.0 Å². The number of aromatic amines is 1. The average Bonchev–Trinajstić information content (AvgIpc) is 2.77. The zero-order valence-electron chi connectivity index (χ0n) is 18.8. The van der Waals surface area contributed by atoms with Crippen molar-refractivity contribution in [3.8, 4) is 0 Å². The highest BCUT2D eigenvalue weighted by Gasteiger charge is 2.36. The number of nitrogens with zero attached hydrogens (tertiary/aromatic N) is 3. The minimum atomic E-state index is -1.04. The van der Waals surface area contributed by atoms with Crippen LogP contribution in [0.3, 0.4) is 0 Å². The van der Waals surface area contributed by atoms with Gasteiger partial charge in [-0.15, -0.1) is 0 Å². The molecule has 2 aromatic heterocycles. The maximum atomic E-state index is 13.6. The van der Waals surface area contributed by atoms with E-state index < -0.39 is 11.7 Å². The van der Waals surface area contributed by atoms with Crippen molar-refractivity contribution in [1.82, 2.24) is 19.9 Å². The molecule has 0 spiro atoms. The van der Waals surface area contributed by atoms with E-state index in [2.05, 4.69) is 20.6 Å². The highest BCUT2D eigenvalue weighted by molar-refractivity contribution is 6.35. The van der Waals surface area contributed by atoms with Gasteiger partial charge in [0.05, 0.1) is 33.9 Å². The van der Waals surface area contributed by atoms with E-state index >= 15 is 0 Å². The van der Waals surface area contributed by atoms with E-state index in [1.807, 2.05) is 45.9 Å². The Balaban J connectivity index is 1.89. The Morgan fingerprint density at radius 2 is 2.09 bits per heavy atom. The third-order valence-electron chi connectivity index (χ3n) is 5.62. The molecule has 1 aromatic carbocycles. The lowest BCUT2D eigenvalue weighted by atomic mass is 9.99. The van der Waals surface area contributed by atoms with Gasteiger partial charge in [0.25, 0.3) is 5.56 Å². The molecular weight excluding hydrogens is 440 g/mol. The van der Waals surface area contributed by atoms with Crippen molar-refractivity contribution in [3.63, 3.8) is 0 Å². The summed E-state index contributed by atoms with van der Waals surface area (Å²) in [5, 5.41) is 7.09. The number of benzene rings is 1. The Labute approximate surface area is 195 Å². The number of aliphatic imine (C=N–C) groups is 1. The van der Waals surface area contributed by atoms with E-state index in [0.29, 0.717) is 38.8 Å². The number of nitrogens with one attached hydrogen (secondary N) is 3. The number of anilines is 1. The van der Waals surface area contributed by atoms with Gasteiger partial charge in [-0.3, -0.25) is 19.5 Å². The van der Waals surface area contributed by atoms with E-state index in [9.17, 15) is 9.59 Å². The minimum absolute atomic E-state index is 0.157. The smallest absolute Gasteiger partial charge is 0.267 e. The summed E-state index contributed by atoms with van der Waals surface area (Å²) in [6.07, 6.45) is 8.70. The molecule has 8 nitrogen and oxygen atoms in total. The van der Waals surface area contributed by atoms with Crippen LogP contribution in [0, 0.1) is 0 Å². The number of hydrogen-bond acceptors (Lipinski definition) is 6. The summed E-state index contributed by atoms with van der Waals surface area (Å²) in [7, 11) is 0. The number of aromatic nitrogens is 3. The van der Waals surface area contributed by atoms with E-state index in [1.165, 1.54) is 12.4 Å². The molecule has 0 bridgehead atoms. The van der Waals surface area contributed by atoms with Gasteiger partial charge in [0.15, 0.2) is 5.43 Å². The lowest BCUT2D eigenvalue weighted by Crippen LogP contribution is -2.46. The van der Waals surface area contributed by atoms with Crippen LogP contribution in [0.15, 0.2) is 63.3 Å². The fourth-order valence-electron chi connectivity index (χ4n) is 4.11. The van der Waals surface area contributed by atoms with Gasteiger partial charge in [0.1, 0.15) is 17.3 Å². The molecule has 9 heteroatoms. The molecule has 33 heavy (non-hydrogen) atoms. The maximum absolute atomic E-state index is 13.6. The lowest BCUT2D eigenvalue weighted by Gasteiger charge is -2.34. The van der Waals surface area contributed by atoms with Gasteiger partial charge in [-0.2, -0.15) is 0 Å². The summed E-state index contributed by atoms with van der Waals surface area (Å²) in [4.78, 5) is 38.6. The number of H-pyrrole nitrogens is 1. The molecule has 4 rings (SSSR count). The van der Waals surface area contributed by atoms with Gasteiger partial charge in [0.2, 0.25) is 0 Å². The lowest BCUT2D eigenvalue weighted by molar-refractivity contribution is 0.329. The van der Waals surface area contributed by atoms with Crippen molar-refractivity contribution < 1.29 is 0 Å². The van der Waals surface area contributed by atoms with Crippen molar-refractivity contribution in [2.75, 3.05) is 5.32 Å². The van der Waals surface area contributed by atoms with E-state index in [4.69, 9.17) is 16.6 Å². The number of fused-ring (bicyclic) bond motifs is 2. The molecule has 0 aliphatic carbocycles. The average molecular weight is 465 g/mol. The van der Waals surface area contributed by atoms with E-state index in [1.54, 1.807) is 29.0 Å². The zero-order chi connectivity index (χ0) is 23.8. The summed E-state index contributed by atoms with van der Waals surface area (Å²) in [6, 6.07) is 6.21. The fourth-order valence-corrected chi connectivity index (χ4v) is 4.36. The third-order valence-corrected chi connectivity index (χ3v) is 5.93. The number of hydrogen-bond donors (Lipinski definition) is 3.